The second-order valence-corrected chi connectivity index (χ2v) is 7.50. The molecule has 3 rings (SSSR count). The van der Waals surface area contributed by atoms with Gasteiger partial charge < -0.3 is 9.80 Å². The molecule has 1 saturated carbocycles. The van der Waals surface area contributed by atoms with Crippen molar-refractivity contribution in [2.24, 2.45) is 5.92 Å². The average molecular weight is 347 g/mol. The minimum atomic E-state index is -0.164. The first-order valence-corrected chi connectivity index (χ1v) is 9.29. The fraction of sp³-hybridized carbons (Fsp3) is 0.722. The molecule has 3 amide bonds. The maximum absolute atomic E-state index is 12.5. The molecule has 138 valence electrons. The van der Waals surface area contributed by atoms with Crippen LogP contribution in [0.15, 0.2) is 6.07 Å². The number of aryl methyl sites for hydroxylation is 1. The van der Waals surface area contributed by atoms with Crippen LogP contribution in [-0.4, -0.2) is 58.7 Å². The number of anilines is 1. The molecule has 1 atom stereocenters. The van der Waals surface area contributed by atoms with Crippen LogP contribution in [-0.2, 0) is 4.79 Å². The van der Waals surface area contributed by atoms with Crippen LogP contribution >= 0.6 is 0 Å². The van der Waals surface area contributed by atoms with Gasteiger partial charge in [-0.3, -0.25) is 14.8 Å². The molecule has 1 aromatic rings. The van der Waals surface area contributed by atoms with Gasteiger partial charge in [0, 0.05) is 38.9 Å². The first kappa shape index (κ1) is 17.8. The van der Waals surface area contributed by atoms with Crippen LogP contribution in [0.4, 0.5) is 10.6 Å². The third-order valence-corrected chi connectivity index (χ3v) is 5.34. The standard InChI is InChI=1S/C18H29N5O2/c1-13-11-16(20-23(13)15-7-5-4-6-8-15)19-18(25)22-10-9-14(12-22)17(24)21(2)3/h11,14-15H,4-10,12H2,1-3H3,(H,19,20,25). The zero-order valence-electron chi connectivity index (χ0n) is 15.5. The summed E-state index contributed by atoms with van der Waals surface area (Å²) in [5, 5.41) is 7.51. The Morgan fingerprint density at radius 3 is 2.60 bits per heavy atom. The van der Waals surface area contributed by atoms with Crippen LogP contribution in [0.1, 0.15) is 50.3 Å². The van der Waals surface area contributed by atoms with Crippen molar-refractivity contribution in [1.82, 2.24) is 19.6 Å². The molecule has 0 spiro atoms. The Morgan fingerprint density at radius 1 is 1.20 bits per heavy atom. The van der Waals surface area contributed by atoms with Gasteiger partial charge in [0.15, 0.2) is 5.82 Å². The van der Waals surface area contributed by atoms with Crippen LogP contribution in [0.3, 0.4) is 0 Å². The monoisotopic (exact) mass is 347 g/mol. The SMILES string of the molecule is Cc1cc(NC(=O)N2CCC(C(=O)N(C)C)C2)nn1C1CCCCC1. The normalized spacial score (nSPS) is 21.4. The summed E-state index contributed by atoms with van der Waals surface area (Å²) in [4.78, 5) is 27.8. The Labute approximate surface area is 149 Å². The fourth-order valence-electron chi connectivity index (χ4n) is 3.94. The molecule has 1 aliphatic carbocycles. The van der Waals surface area contributed by atoms with Crippen molar-refractivity contribution in [3.63, 3.8) is 0 Å². The van der Waals surface area contributed by atoms with Gasteiger partial charge in [-0.15, -0.1) is 0 Å². The zero-order chi connectivity index (χ0) is 18.0. The van der Waals surface area contributed by atoms with Crippen LogP contribution in [0, 0.1) is 12.8 Å². The van der Waals surface area contributed by atoms with E-state index in [0.29, 0.717) is 24.9 Å². The summed E-state index contributed by atoms with van der Waals surface area (Å²) in [7, 11) is 3.51. The number of urea groups is 1. The van der Waals surface area contributed by atoms with Crippen LogP contribution < -0.4 is 5.32 Å². The summed E-state index contributed by atoms with van der Waals surface area (Å²) in [6, 6.07) is 2.22. The molecular weight excluding hydrogens is 318 g/mol. The van der Waals surface area contributed by atoms with Crippen molar-refractivity contribution in [3.05, 3.63) is 11.8 Å². The summed E-state index contributed by atoms with van der Waals surface area (Å²) in [5.74, 6) is 0.602. The molecule has 7 heteroatoms. The Morgan fingerprint density at radius 2 is 1.92 bits per heavy atom. The third-order valence-electron chi connectivity index (χ3n) is 5.34. The highest BCUT2D eigenvalue weighted by Crippen LogP contribution is 2.29. The summed E-state index contributed by atoms with van der Waals surface area (Å²) in [6.45, 7) is 3.13. The van der Waals surface area contributed by atoms with Gasteiger partial charge in [-0.05, 0) is 26.2 Å². The Hall–Kier alpha value is -2.05. The maximum atomic E-state index is 12.5. The predicted molar refractivity (Wildman–Crippen MR) is 96.5 cm³/mol. The van der Waals surface area contributed by atoms with E-state index in [0.717, 1.165) is 25.0 Å². The van der Waals surface area contributed by atoms with Crippen molar-refractivity contribution >= 4 is 17.8 Å². The summed E-state index contributed by atoms with van der Waals surface area (Å²) in [5.41, 5.74) is 1.09. The minimum Gasteiger partial charge on any atom is -0.349 e. The molecule has 0 radical (unpaired) electrons. The number of hydrogen-bond acceptors (Lipinski definition) is 3. The Balaban J connectivity index is 1.59. The molecule has 0 bridgehead atoms. The van der Waals surface area contributed by atoms with E-state index in [1.807, 2.05) is 13.0 Å². The molecule has 25 heavy (non-hydrogen) atoms. The summed E-state index contributed by atoms with van der Waals surface area (Å²) < 4.78 is 2.07. The third kappa shape index (κ3) is 3.96. The first-order chi connectivity index (χ1) is 12.0. The summed E-state index contributed by atoms with van der Waals surface area (Å²) in [6.07, 6.45) is 6.86. The van der Waals surface area contributed by atoms with E-state index in [4.69, 9.17) is 0 Å². The van der Waals surface area contributed by atoms with Gasteiger partial charge in [0.05, 0.1) is 12.0 Å². The van der Waals surface area contributed by atoms with Crippen molar-refractivity contribution < 1.29 is 9.59 Å². The van der Waals surface area contributed by atoms with Gasteiger partial charge in [0.2, 0.25) is 5.91 Å². The summed E-state index contributed by atoms with van der Waals surface area (Å²) >= 11 is 0. The van der Waals surface area contributed by atoms with Crippen molar-refractivity contribution in [2.45, 2.75) is 51.5 Å². The maximum Gasteiger partial charge on any atom is 0.323 e. The van der Waals surface area contributed by atoms with Gasteiger partial charge in [-0.1, -0.05) is 19.3 Å². The van der Waals surface area contributed by atoms with Crippen LogP contribution in [0.5, 0.6) is 0 Å². The van der Waals surface area contributed by atoms with E-state index in [2.05, 4.69) is 15.1 Å². The largest absolute Gasteiger partial charge is 0.349 e. The van der Waals surface area contributed by atoms with Gasteiger partial charge in [0.1, 0.15) is 0 Å². The number of amides is 3. The van der Waals surface area contributed by atoms with E-state index in [1.165, 1.54) is 19.3 Å². The van der Waals surface area contributed by atoms with Gasteiger partial charge in [-0.25, -0.2) is 4.79 Å². The van der Waals surface area contributed by atoms with Gasteiger partial charge in [0.25, 0.3) is 0 Å². The number of aromatic nitrogens is 2. The minimum absolute atomic E-state index is 0.0905. The van der Waals surface area contributed by atoms with Crippen molar-refractivity contribution in [1.29, 1.82) is 0 Å². The van der Waals surface area contributed by atoms with E-state index in [1.54, 1.807) is 23.9 Å². The number of carbonyl (C=O) groups excluding carboxylic acids is 2. The topological polar surface area (TPSA) is 70.5 Å². The van der Waals surface area contributed by atoms with Crippen molar-refractivity contribution in [3.8, 4) is 0 Å². The molecule has 1 N–H and O–H groups in total. The number of nitrogens with zero attached hydrogens (tertiary/aromatic N) is 4. The quantitative estimate of drug-likeness (QED) is 0.914. The highest BCUT2D eigenvalue weighted by molar-refractivity contribution is 5.89. The Bertz CT molecular complexity index is 633. The molecule has 1 aliphatic heterocycles. The molecular formula is C18H29N5O2. The molecule has 2 heterocycles. The van der Waals surface area contributed by atoms with Crippen LogP contribution in [0.25, 0.3) is 0 Å². The molecule has 1 unspecified atom stereocenters. The van der Waals surface area contributed by atoms with E-state index in [9.17, 15) is 9.59 Å². The second-order valence-electron chi connectivity index (χ2n) is 7.50. The lowest BCUT2D eigenvalue weighted by Crippen LogP contribution is -2.36. The molecule has 7 nitrogen and oxygen atoms in total. The smallest absolute Gasteiger partial charge is 0.323 e. The van der Waals surface area contributed by atoms with E-state index < -0.39 is 0 Å². The fourth-order valence-corrected chi connectivity index (χ4v) is 3.94. The van der Waals surface area contributed by atoms with E-state index >= 15 is 0 Å². The molecule has 1 aromatic heterocycles. The molecule has 1 saturated heterocycles. The lowest BCUT2D eigenvalue weighted by atomic mass is 9.95. The number of likely N-dealkylation sites (tertiary alicyclic amines) is 1. The molecule has 2 aliphatic rings. The second kappa shape index (κ2) is 7.45. The lowest BCUT2D eigenvalue weighted by Gasteiger charge is -2.23. The van der Waals surface area contributed by atoms with Gasteiger partial charge in [-0.2, -0.15) is 5.10 Å². The first-order valence-electron chi connectivity index (χ1n) is 9.29. The van der Waals surface area contributed by atoms with Gasteiger partial charge >= 0.3 is 6.03 Å². The number of carbonyl (C=O) groups is 2. The highest BCUT2D eigenvalue weighted by Gasteiger charge is 2.32. The van der Waals surface area contributed by atoms with Crippen LogP contribution in [0.2, 0.25) is 0 Å². The number of rotatable bonds is 3. The number of nitrogens with one attached hydrogen (secondary N) is 1. The number of hydrogen-bond donors (Lipinski definition) is 1. The predicted octanol–water partition coefficient (Wildman–Crippen LogP) is 2.64. The Kier molecular flexibility index (Phi) is 5.30. The average Bonchev–Trinajstić information content (AvgIpc) is 3.22. The highest BCUT2D eigenvalue weighted by atomic mass is 16.2. The zero-order valence-corrected chi connectivity index (χ0v) is 15.5. The molecule has 0 aromatic carbocycles. The van der Waals surface area contributed by atoms with E-state index in [-0.39, 0.29) is 17.9 Å². The lowest BCUT2D eigenvalue weighted by molar-refractivity contribution is -0.132. The molecule has 2 fully saturated rings. The van der Waals surface area contributed by atoms with Crippen molar-refractivity contribution in [2.75, 3.05) is 32.5 Å².